The molecule has 0 atom stereocenters. The SMILES string of the molecule is N#C/C(=C\c1ccc(OCc2ccccc2)cc1)C(N)=O. The first-order valence-electron chi connectivity index (χ1n) is 6.37. The van der Waals surface area contributed by atoms with Gasteiger partial charge in [-0.05, 0) is 29.3 Å². The van der Waals surface area contributed by atoms with Crippen molar-refractivity contribution in [2.24, 2.45) is 5.73 Å². The predicted octanol–water partition coefficient (Wildman–Crippen LogP) is 2.66. The van der Waals surface area contributed by atoms with Gasteiger partial charge in [0.1, 0.15) is 24.0 Å². The zero-order valence-corrected chi connectivity index (χ0v) is 11.3. The van der Waals surface area contributed by atoms with E-state index in [2.05, 4.69) is 0 Å². The van der Waals surface area contributed by atoms with Gasteiger partial charge in [-0.2, -0.15) is 5.26 Å². The molecule has 0 unspecified atom stereocenters. The van der Waals surface area contributed by atoms with E-state index in [4.69, 9.17) is 15.7 Å². The molecule has 0 spiro atoms. The number of nitrogens with zero attached hydrogens (tertiary/aromatic N) is 1. The van der Waals surface area contributed by atoms with Crippen LogP contribution in [0.25, 0.3) is 6.08 Å². The molecule has 1 amide bonds. The van der Waals surface area contributed by atoms with Crippen LogP contribution >= 0.6 is 0 Å². The Kier molecular flexibility index (Phi) is 4.73. The van der Waals surface area contributed by atoms with Crippen LogP contribution in [-0.2, 0) is 11.4 Å². The van der Waals surface area contributed by atoms with Gasteiger partial charge < -0.3 is 10.5 Å². The zero-order chi connectivity index (χ0) is 15.1. The van der Waals surface area contributed by atoms with Gasteiger partial charge in [-0.25, -0.2) is 0 Å². The summed E-state index contributed by atoms with van der Waals surface area (Å²) >= 11 is 0. The van der Waals surface area contributed by atoms with Gasteiger partial charge >= 0.3 is 0 Å². The van der Waals surface area contributed by atoms with Gasteiger partial charge in [0, 0.05) is 0 Å². The lowest BCUT2D eigenvalue weighted by Crippen LogP contribution is -2.12. The second-order valence-corrected chi connectivity index (χ2v) is 4.38. The maximum Gasteiger partial charge on any atom is 0.259 e. The molecule has 0 aliphatic rings. The van der Waals surface area contributed by atoms with Crippen molar-refractivity contribution >= 4 is 12.0 Å². The summed E-state index contributed by atoms with van der Waals surface area (Å²) in [5, 5.41) is 8.78. The normalized spacial score (nSPS) is 10.7. The van der Waals surface area contributed by atoms with Crippen LogP contribution in [0.15, 0.2) is 60.2 Å². The van der Waals surface area contributed by atoms with Crippen LogP contribution in [0.5, 0.6) is 5.75 Å². The highest BCUT2D eigenvalue weighted by Gasteiger charge is 2.03. The monoisotopic (exact) mass is 278 g/mol. The summed E-state index contributed by atoms with van der Waals surface area (Å²) in [6, 6.07) is 18.7. The molecule has 0 aromatic heterocycles. The number of amides is 1. The molecule has 0 fully saturated rings. The first kappa shape index (κ1) is 14.4. The van der Waals surface area contributed by atoms with Crippen molar-refractivity contribution in [1.82, 2.24) is 0 Å². The molecule has 0 heterocycles. The molecule has 0 saturated carbocycles. The summed E-state index contributed by atoms with van der Waals surface area (Å²) in [4.78, 5) is 11.0. The number of carbonyl (C=O) groups is 1. The Morgan fingerprint density at radius 1 is 1.14 bits per heavy atom. The van der Waals surface area contributed by atoms with Gasteiger partial charge in [0.25, 0.3) is 5.91 Å². The van der Waals surface area contributed by atoms with E-state index < -0.39 is 5.91 Å². The highest BCUT2D eigenvalue weighted by atomic mass is 16.5. The Bertz CT molecular complexity index is 683. The minimum absolute atomic E-state index is 0.0760. The van der Waals surface area contributed by atoms with Crippen LogP contribution in [-0.4, -0.2) is 5.91 Å². The fourth-order valence-corrected chi connectivity index (χ4v) is 1.73. The predicted molar refractivity (Wildman–Crippen MR) is 80.0 cm³/mol. The molecule has 2 aromatic carbocycles. The van der Waals surface area contributed by atoms with E-state index in [0.717, 1.165) is 11.1 Å². The maximum atomic E-state index is 11.0. The average molecular weight is 278 g/mol. The number of nitriles is 1. The van der Waals surface area contributed by atoms with Crippen LogP contribution in [0.4, 0.5) is 0 Å². The third-order valence-electron chi connectivity index (χ3n) is 2.83. The number of rotatable bonds is 5. The van der Waals surface area contributed by atoms with E-state index in [1.807, 2.05) is 30.3 Å². The quantitative estimate of drug-likeness (QED) is 0.674. The minimum atomic E-state index is -0.734. The molecule has 0 aliphatic heterocycles. The summed E-state index contributed by atoms with van der Waals surface area (Å²) in [6.45, 7) is 0.487. The molecular formula is C17H14N2O2. The van der Waals surface area contributed by atoms with E-state index in [1.54, 1.807) is 30.3 Å². The van der Waals surface area contributed by atoms with Gasteiger partial charge in [-0.3, -0.25) is 4.79 Å². The summed E-state index contributed by atoms with van der Waals surface area (Å²) in [5.41, 5.74) is 6.81. The van der Waals surface area contributed by atoms with Gasteiger partial charge in [-0.1, -0.05) is 42.5 Å². The third kappa shape index (κ3) is 4.22. The van der Waals surface area contributed by atoms with E-state index in [-0.39, 0.29) is 5.57 Å². The lowest BCUT2D eigenvalue weighted by molar-refractivity contribution is -0.114. The summed E-state index contributed by atoms with van der Waals surface area (Å²) in [5.74, 6) is -0.0181. The standard InChI is InChI=1S/C17H14N2O2/c18-11-15(17(19)20)10-13-6-8-16(9-7-13)21-12-14-4-2-1-3-5-14/h1-10H,12H2,(H2,19,20)/b15-10+. The van der Waals surface area contributed by atoms with E-state index >= 15 is 0 Å². The fraction of sp³-hybridized carbons (Fsp3) is 0.0588. The lowest BCUT2D eigenvalue weighted by Gasteiger charge is -2.06. The number of hydrogen-bond donors (Lipinski definition) is 1. The average Bonchev–Trinajstić information content (AvgIpc) is 2.52. The maximum absolute atomic E-state index is 11.0. The Morgan fingerprint density at radius 3 is 2.38 bits per heavy atom. The number of carbonyl (C=O) groups excluding carboxylic acids is 1. The van der Waals surface area contributed by atoms with Crippen molar-refractivity contribution in [3.8, 4) is 11.8 Å². The molecule has 2 N–H and O–H groups in total. The van der Waals surface area contributed by atoms with Crippen LogP contribution in [0.2, 0.25) is 0 Å². The molecule has 21 heavy (non-hydrogen) atoms. The molecule has 4 heteroatoms. The van der Waals surface area contributed by atoms with Crippen molar-refractivity contribution in [2.45, 2.75) is 6.61 Å². The van der Waals surface area contributed by atoms with Crippen LogP contribution in [0.3, 0.4) is 0 Å². The third-order valence-corrected chi connectivity index (χ3v) is 2.83. The van der Waals surface area contributed by atoms with Crippen LogP contribution < -0.4 is 10.5 Å². The highest BCUT2D eigenvalue weighted by Crippen LogP contribution is 2.16. The van der Waals surface area contributed by atoms with Gasteiger partial charge in [-0.15, -0.1) is 0 Å². The van der Waals surface area contributed by atoms with Gasteiger partial charge in [0.15, 0.2) is 0 Å². The Hall–Kier alpha value is -3.06. The molecule has 4 nitrogen and oxygen atoms in total. The second-order valence-electron chi connectivity index (χ2n) is 4.38. The molecular weight excluding hydrogens is 264 g/mol. The molecule has 0 aliphatic carbocycles. The van der Waals surface area contributed by atoms with Crippen molar-refractivity contribution in [1.29, 1.82) is 5.26 Å². The van der Waals surface area contributed by atoms with Crippen molar-refractivity contribution in [2.75, 3.05) is 0 Å². The van der Waals surface area contributed by atoms with Crippen molar-refractivity contribution < 1.29 is 9.53 Å². The van der Waals surface area contributed by atoms with Crippen LogP contribution in [0, 0.1) is 11.3 Å². The number of ether oxygens (including phenoxy) is 1. The van der Waals surface area contributed by atoms with Gasteiger partial charge in [0.05, 0.1) is 0 Å². The summed E-state index contributed by atoms with van der Waals surface area (Å²) < 4.78 is 5.65. The Balaban J connectivity index is 2.03. The topological polar surface area (TPSA) is 76.1 Å². The fourth-order valence-electron chi connectivity index (χ4n) is 1.73. The molecule has 2 rings (SSSR count). The Morgan fingerprint density at radius 2 is 1.81 bits per heavy atom. The largest absolute Gasteiger partial charge is 0.489 e. The number of hydrogen-bond acceptors (Lipinski definition) is 3. The number of primary amides is 1. The van der Waals surface area contributed by atoms with Gasteiger partial charge in [0.2, 0.25) is 0 Å². The first-order chi connectivity index (χ1) is 10.2. The Labute approximate surface area is 123 Å². The molecule has 0 saturated heterocycles. The van der Waals surface area contributed by atoms with Crippen molar-refractivity contribution in [3.05, 3.63) is 71.3 Å². The van der Waals surface area contributed by atoms with E-state index in [1.165, 1.54) is 6.08 Å². The summed E-state index contributed by atoms with van der Waals surface area (Å²) in [7, 11) is 0. The minimum Gasteiger partial charge on any atom is -0.489 e. The van der Waals surface area contributed by atoms with E-state index in [9.17, 15) is 4.79 Å². The van der Waals surface area contributed by atoms with E-state index in [0.29, 0.717) is 12.4 Å². The highest BCUT2D eigenvalue weighted by molar-refractivity contribution is 6.00. The van der Waals surface area contributed by atoms with Crippen molar-refractivity contribution in [3.63, 3.8) is 0 Å². The molecule has 0 bridgehead atoms. The zero-order valence-electron chi connectivity index (χ0n) is 11.3. The molecule has 0 radical (unpaired) electrons. The molecule has 104 valence electrons. The summed E-state index contributed by atoms with van der Waals surface area (Å²) in [6.07, 6.45) is 1.45. The second kappa shape index (κ2) is 6.92. The smallest absolute Gasteiger partial charge is 0.259 e. The number of benzene rings is 2. The van der Waals surface area contributed by atoms with Crippen LogP contribution in [0.1, 0.15) is 11.1 Å². The first-order valence-corrected chi connectivity index (χ1v) is 6.37. The lowest BCUT2D eigenvalue weighted by atomic mass is 10.1. The molecule has 2 aromatic rings. The number of nitrogens with two attached hydrogens (primary N) is 1.